The fourth-order valence-corrected chi connectivity index (χ4v) is 4.02. The predicted molar refractivity (Wildman–Crippen MR) is 73.0 cm³/mol. The zero-order valence-corrected chi connectivity index (χ0v) is 11.4. The lowest BCUT2D eigenvalue weighted by atomic mass is 9.77. The van der Waals surface area contributed by atoms with Crippen molar-refractivity contribution in [3.63, 3.8) is 0 Å². The number of aryl methyl sites for hydroxylation is 1. The van der Waals surface area contributed by atoms with Crippen molar-refractivity contribution in [2.75, 3.05) is 7.05 Å². The fourth-order valence-electron chi connectivity index (χ4n) is 2.84. The first kappa shape index (κ1) is 12.4. The van der Waals surface area contributed by atoms with E-state index in [4.69, 9.17) is 0 Å². The third-order valence-electron chi connectivity index (χ3n) is 4.14. The molecule has 0 aromatic carbocycles. The molecule has 0 spiro atoms. The Labute approximate surface area is 108 Å². The van der Waals surface area contributed by atoms with E-state index in [-0.39, 0.29) is 12.4 Å². The van der Waals surface area contributed by atoms with Gasteiger partial charge in [0.15, 0.2) is 0 Å². The average molecular weight is 258 g/mol. The van der Waals surface area contributed by atoms with Crippen molar-refractivity contribution in [1.29, 1.82) is 0 Å². The maximum absolute atomic E-state index is 3.44. The molecule has 1 heterocycles. The molecule has 1 unspecified atom stereocenters. The van der Waals surface area contributed by atoms with E-state index in [1.807, 2.05) is 11.3 Å². The molecule has 2 aliphatic carbocycles. The molecule has 3 rings (SSSR count). The second kappa shape index (κ2) is 5.07. The summed E-state index contributed by atoms with van der Waals surface area (Å²) in [4.78, 5) is 1.68. The molecule has 1 aromatic rings. The summed E-state index contributed by atoms with van der Waals surface area (Å²) < 4.78 is 0. The molecule has 1 fully saturated rings. The van der Waals surface area contributed by atoms with Crippen LogP contribution in [0.2, 0.25) is 0 Å². The summed E-state index contributed by atoms with van der Waals surface area (Å²) in [6, 6.07) is 0.728. The number of rotatable bonds is 2. The zero-order chi connectivity index (χ0) is 10.3. The number of fused-ring (bicyclic) bond motifs is 1. The van der Waals surface area contributed by atoms with Gasteiger partial charge < -0.3 is 5.32 Å². The minimum atomic E-state index is 0. The van der Waals surface area contributed by atoms with Gasteiger partial charge in [-0.1, -0.05) is 6.42 Å². The molecule has 90 valence electrons. The number of hydrogen-bond acceptors (Lipinski definition) is 2. The van der Waals surface area contributed by atoms with Gasteiger partial charge in [0, 0.05) is 10.9 Å². The fraction of sp³-hybridized carbons (Fsp3) is 0.692. The van der Waals surface area contributed by atoms with Gasteiger partial charge in [-0.15, -0.1) is 23.7 Å². The van der Waals surface area contributed by atoms with Crippen LogP contribution in [-0.2, 0) is 12.8 Å². The van der Waals surface area contributed by atoms with Gasteiger partial charge >= 0.3 is 0 Å². The van der Waals surface area contributed by atoms with E-state index in [9.17, 15) is 0 Å². The van der Waals surface area contributed by atoms with Crippen LogP contribution < -0.4 is 5.32 Å². The van der Waals surface area contributed by atoms with Gasteiger partial charge in [-0.25, -0.2) is 0 Å². The lowest BCUT2D eigenvalue weighted by molar-refractivity contribution is 0.413. The summed E-state index contributed by atoms with van der Waals surface area (Å²) in [5.41, 5.74) is 3.43. The first-order valence-electron chi connectivity index (χ1n) is 6.15. The highest BCUT2D eigenvalue weighted by molar-refractivity contribution is 7.10. The Balaban J connectivity index is 0.000000963. The highest BCUT2D eigenvalue weighted by atomic mass is 35.5. The minimum Gasteiger partial charge on any atom is -0.317 e. The zero-order valence-electron chi connectivity index (χ0n) is 9.79. The highest BCUT2D eigenvalue weighted by Gasteiger charge is 2.28. The van der Waals surface area contributed by atoms with Crippen LogP contribution in [0.25, 0.3) is 0 Å². The molecule has 1 atom stereocenters. The summed E-state index contributed by atoms with van der Waals surface area (Å²) in [6.07, 6.45) is 8.24. The van der Waals surface area contributed by atoms with Gasteiger partial charge in [0.05, 0.1) is 0 Å². The van der Waals surface area contributed by atoms with E-state index in [1.54, 1.807) is 16.0 Å². The van der Waals surface area contributed by atoms with Crippen molar-refractivity contribution in [2.24, 2.45) is 0 Å². The number of halogens is 1. The van der Waals surface area contributed by atoms with Crippen molar-refractivity contribution in [2.45, 2.75) is 50.5 Å². The molecule has 1 saturated carbocycles. The molecular weight excluding hydrogens is 238 g/mol. The van der Waals surface area contributed by atoms with Gasteiger partial charge in [-0.2, -0.15) is 0 Å². The molecule has 0 aliphatic heterocycles. The molecule has 1 aromatic heterocycles. The minimum absolute atomic E-state index is 0. The van der Waals surface area contributed by atoms with Crippen LogP contribution >= 0.6 is 23.7 Å². The standard InChI is InChI=1S/C13H19NS.ClH/c1-14-10-5-6-13-11(7-10)12(8-15-13)9-3-2-4-9;/h8-10,14H,2-7H2,1H3;1H. The number of likely N-dealkylation sites (N-methyl/N-ethyl adjacent to an activating group) is 1. The Kier molecular flexibility index (Phi) is 3.93. The molecule has 1 nitrogen and oxygen atoms in total. The smallest absolute Gasteiger partial charge is 0.0108 e. The lowest BCUT2D eigenvalue weighted by Crippen LogP contribution is -2.31. The van der Waals surface area contributed by atoms with Crippen molar-refractivity contribution in [3.05, 3.63) is 21.4 Å². The molecule has 3 heteroatoms. The van der Waals surface area contributed by atoms with E-state index in [0.717, 1.165) is 12.0 Å². The Hall–Kier alpha value is -0.0500. The Bertz CT molecular complexity index is 357. The topological polar surface area (TPSA) is 12.0 Å². The number of nitrogens with one attached hydrogen (secondary N) is 1. The quantitative estimate of drug-likeness (QED) is 0.855. The van der Waals surface area contributed by atoms with Crippen LogP contribution in [0, 0.1) is 0 Å². The lowest BCUT2D eigenvalue weighted by Gasteiger charge is -2.29. The SMILES string of the molecule is CNC1CCc2scc(C3CCC3)c2C1.Cl. The normalized spacial score (nSPS) is 24.4. The van der Waals surface area contributed by atoms with Crippen LogP contribution in [0.5, 0.6) is 0 Å². The highest BCUT2D eigenvalue weighted by Crippen LogP contribution is 2.42. The van der Waals surface area contributed by atoms with Crippen LogP contribution in [0.4, 0.5) is 0 Å². The van der Waals surface area contributed by atoms with E-state index >= 15 is 0 Å². The molecule has 1 N–H and O–H groups in total. The van der Waals surface area contributed by atoms with Gasteiger partial charge in [0.2, 0.25) is 0 Å². The molecule has 16 heavy (non-hydrogen) atoms. The van der Waals surface area contributed by atoms with Crippen molar-refractivity contribution >= 4 is 23.7 Å². The van der Waals surface area contributed by atoms with Crippen LogP contribution in [0.1, 0.15) is 47.6 Å². The van der Waals surface area contributed by atoms with Crippen molar-refractivity contribution in [3.8, 4) is 0 Å². The molecule has 2 aliphatic rings. The monoisotopic (exact) mass is 257 g/mol. The van der Waals surface area contributed by atoms with Gasteiger partial charge in [-0.05, 0) is 61.6 Å². The Morgan fingerprint density at radius 3 is 2.75 bits per heavy atom. The third kappa shape index (κ3) is 2.03. The molecular formula is C13H20ClNS. The van der Waals surface area contributed by atoms with Gasteiger partial charge in [-0.3, -0.25) is 0 Å². The number of thiophene rings is 1. The summed E-state index contributed by atoms with van der Waals surface area (Å²) in [5, 5.41) is 5.89. The maximum atomic E-state index is 3.44. The van der Waals surface area contributed by atoms with Crippen LogP contribution in [0.15, 0.2) is 5.38 Å². The summed E-state index contributed by atoms with van der Waals surface area (Å²) in [6.45, 7) is 0. The first-order valence-corrected chi connectivity index (χ1v) is 7.03. The van der Waals surface area contributed by atoms with Crippen LogP contribution in [-0.4, -0.2) is 13.1 Å². The van der Waals surface area contributed by atoms with Crippen molar-refractivity contribution in [1.82, 2.24) is 5.32 Å². The molecule has 0 saturated heterocycles. The van der Waals surface area contributed by atoms with E-state index in [1.165, 1.54) is 38.5 Å². The predicted octanol–water partition coefficient (Wildman–Crippen LogP) is 3.51. The maximum Gasteiger partial charge on any atom is 0.0108 e. The summed E-state index contributed by atoms with van der Waals surface area (Å²) in [7, 11) is 2.10. The largest absolute Gasteiger partial charge is 0.317 e. The summed E-state index contributed by atoms with van der Waals surface area (Å²) in [5.74, 6) is 0.917. The van der Waals surface area contributed by atoms with Gasteiger partial charge in [0.1, 0.15) is 0 Å². The Morgan fingerprint density at radius 1 is 1.31 bits per heavy atom. The van der Waals surface area contributed by atoms with E-state index < -0.39 is 0 Å². The average Bonchev–Trinajstić information content (AvgIpc) is 2.59. The number of hydrogen-bond donors (Lipinski definition) is 1. The third-order valence-corrected chi connectivity index (χ3v) is 5.24. The van der Waals surface area contributed by atoms with E-state index in [0.29, 0.717) is 0 Å². The van der Waals surface area contributed by atoms with Gasteiger partial charge in [0.25, 0.3) is 0 Å². The second-order valence-electron chi connectivity index (χ2n) is 4.95. The van der Waals surface area contributed by atoms with Crippen molar-refractivity contribution < 1.29 is 0 Å². The summed E-state index contributed by atoms with van der Waals surface area (Å²) >= 11 is 2.01. The first-order chi connectivity index (χ1) is 7.38. The Morgan fingerprint density at radius 2 is 2.12 bits per heavy atom. The molecule has 0 radical (unpaired) electrons. The van der Waals surface area contributed by atoms with E-state index in [2.05, 4.69) is 17.7 Å². The second-order valence-corrected chi connectivity index (χ2v) is 5.91. The molecule has 0 bridgehead atoms. The molecule has 0 amide bonds. The van der Waals surface area contributed by atoms with Crippen LogP contribution in [0.3, 0.4) is 0 Å².